The van der Waals surface area contributed by atoms with Gasteiger partial charge in [-0.15, -0.1) is 0 Å². The zero-order valence-corrected chi connectivity index (χ0v) is 12.9. The molecule has 0 radical (unpaired) electrons. The van der Waals surface area contributed by atoms with Crippen LogP contribution in [0.1, 0.15) is 24.2 Å². The van der Waals surface area contributed by atoms with Crippen LogP contribution >= 0.6 is 0 Å². The first-order chi connectivity index (χ1) is 11.5. The number of nitrogens with one attached hydrogen (secondary N) is 1. The van der Waals surface area contributed by atoms with Crippen LogP contribution in [0.2, 0.25) is 0 Å². The van der Waals surface area contributed by atoms with E-state index in [2.05, 4.69) is 5.32 Å². The SMILES string of the molecule is CC1(C)OC(=O)C(=CNc2c([N+](=O)[O-])ccc(F)c2C(=O)O)C(=O)O1. The number of carbonyl (C=O) groups is 3. The van der Waals surface area contributed by atoms with Gasteiger partial charge in [-0.05, 0) is 6.07 Å². The van der Waals surface area contributed by atoms with E-state index in [0.717, 1.165) is 6.07 Å². The van der Waals surface area contributed by atoms with Gasteiger partial charge in [0.15, 0.2) is 5.57 Å². The highest BCUT2D eigenvalue weighted by atomic mass is 19.1. The van der Waals surface area contributed by atoms with Gasteiger partial charge in [-0.25, -0.2) is 18.8 Å². The van der Waals surface area contributed by atoms with E-state index in [1.165, 1.54) is 13.8 Å². The van der Waals surface area contributed by atoms with Crippen molar-refractivity contribution in [3.8, 4) is 0 Å². The van der Waals surface area contributed by atoms with Gasteiger partial charge in [0, 0.05) is 26.1 Å². The molecule has 10 nitrogen and oxygen atoms in total. The number of carboxylic acids is 1. The lowest BCUT2D eigenvalue weighted by Gasteiger charge is -2.29. The normalized spacial score (nSPS) is 15.9. The fraction of sp³-hybridized carbons (Fsp3) is 0.214. The Bertz CT molecular complexity index is 808. The van der Waals surface area contributed by atoms with Crippen LogP contribution in [0.3, 0.4) is 0 Å². The molecule has 1 aromatic rings. The van der Waals surface area contributed by atoms with Crippen molar-refractivity contribution in [2.75, 3.05) is 5.32 Å². The summed E-state index contributed by atoms with van der Waals surface area (Å²) in [7, 11) is 0. The van der Waals surface area contributed by atoms with Gasteiger partial charge in [-0.2, -0.15) is 0 Å². The average Bonchev–Trinajstić information content (AvgIpc) is 2.44. The molecule has 1 aromatic carbocycles. The van der Waals surface area contributed by atoms with Gasteiger partial charge in [-0.1, -0.05) is 0 Å². The van der Waals surface area contributed by atoms with E-state index in [9.17, 15) is 28.9 Å². The molecule has 0 spiro atoms. The minimum Gasteiger partial charge on any atom is -0.478 e. The van der Waals surface area contributed by atoms with Crippen molar-refractivity contribution in [1.82, 2.24) is 0 Å². The summed E-state index contributed by atoms with van der Waals surface area (Å²) >= 11 is 0. The van der Waals surface area contributed by atoms with Crippen molar-refractivity contribution in [1.29, 1.82) is 0 Å². The first kappa shape index (κ1) is 17.8. The number of carbonyl (C=O) groups excluding carboxylic acids is 2. The molecule has 0 aliphatic carbocycles. The largest absolute Gasteiger partial charge is 0.478 e. The van der Waals surface area contributed by atoms with Crippen molar-refractivity contribution in [2.45, 2.75) is 19.6 Å². The monoisotopic (exact) mass is 354 g/mol. The number of rotatable bonds is 4. The third-order valence-corrected chi connectivity index (χ3v) is 3.02. The van der Waals surface area contributed by atoms with Crippen LogP contribution in [0.25, 0.3) is 0 Å². The van der Waals surface area contributed by atoms with Gasteiger partial charge in [0.05, 0.1) is 4.92 Å². The number of nitro benzene ring substituents is 1. The number of anilines is 1. The van der Waals surface area contributed by atoms with Gasteiger partial charge in [0.2, 0.25) is 0 Å². The van der Waals surface area contributed by atoms with Crippen molar-refractivity contribution in [3.05, 3.63) is 45.4 Å². The number of hydrogen-bond acceptors (Lipinski definition) is 8. The molecule has 0 unspecified atom stereocenters. The molecule has 1 heterocycles. The first-order valence-electron chi connectivity index (χ1n) is 6.67. The van der Waals surface area contributed by atoms with Gasteiger partial charge in [0.25, 0.3) is 11.5 Å². The second-order valence-electron chi connectivity index (χ2n) is 5.26. The van der Waals surface area contributed by atoms with Gasteiger partial charge in [0.1, 0.15) is 17.1 Å². The summed E-state index contributed by atoms with van der Waals surface area (Å²) in [6.45, 7) is 2.62. The topological polar surface area (TPSA) is 145 Å². The number of hydrogen-bond donors (Lipinski definition) is 2. The summed E-state index contributed by atoms with van der Waals surface area (Å²) < 4.78 is 23.3. The summed E-state index contributed by atoms with van der Waals surface area (Å²) in [6.07, 6.45) is 0.661. The van der Waals surface area contributed by atoms with Crippen molar-refractivity contribution < 1.29 is 38.3 Å². The standard InChI is InChI=1S/C14H11FN2O8/c1-14(2)24-12(20)6(13(21)25-14)5-16-10-8(17(22)23)4-3-7(15)9(10)11(18)19/h3-5,16H,1-2H3,(H,18,19). The van der Waals surface area contributed by atoms with Crippen molar-refractivity contribution in [3.63, 3.8) is 0 Å². The maximum Gasteiger partial charge on any atom is 0.350 e. The number of nitrogens with zero attached hydrogens (tertiary/aromatic N) is 1. The Morgan fingerprint density at radius 3 is 2.36 bits per heavy atom. The highest BCUT2D eigenvalue weighted by Gasteiger charge is 2.39. The lowest BCUT2D eigenvalue weighted by molar-refractivity contribution is -0.384. The molecule has 1 fully saturated rings. The first-order valence-corrected chi connectivity index (χ1v) is 6.67. The van der Waals surface area contributed by atoms with E-state index in [4.69, 9.17) is 14.6 Å². The maximum absolute atomic E-state index is 13.7. The zero-order valence-electron chi connectivity index (χ0n) is 12.9. The van der Waals surface area contributed by atoms with Crippen LogP contribution in [0, 0.1) is 15.9 Å². The van der Waals surface area contributed by atoms with Crippen molar-refractivity contribution in [2.24, 2.45) is 0 Å². The smallest absolute Gasteiger partial charge is 0.350 e. The predicted octanol–water partition coefficient (Wildman–Crippen LogP) is 1.56. The van der Waals surface area contributed by atoms with E-state index >= 15 is 0 Å². The van der Waals surface area contributed by atoms with Crippen LogP contribution in [0.15, 0.2) is 23.9 Å². The minimum absolute atomic E-state index is 0.617. The third-order valence-electron chi connectivity index (χ3n) is 3.02. The Hall–Kier alpha value is -3.50. The molecule has 0 bridgehead atoms. The minimum atomic E-state index is -1.78. The number of esters is 2. The lowest BCUT2D eigenvalue weighted by Crippen LogP contribution is -2.42. The maximum atomic E-state index is 13.7. The fourth-order valence-corrected chi connectivity index (χ4v) is 2.00. The van der Waals surface area contributed by atoms with Gasteiger partial charge >= 0.3 is 17.9 Å². The summed E-state index contributed by atoms with van der Waals surface area (Å²) in [5.74, 6) is -6.71. The molecule has 0 saturated carbocycles. The van der Waals surface area contributed by atoms with Crippen LogP contribution in [-0.4, -0.2) is 33.7 Å². The number of nitro groups is 1. The quantitative estimate of drug-likeness (QED) is 0.270. The molecular weight excluding hydrogens is 343 g/mol. The second-order valence-corrected chi connectivity index (χ2v) is 5.26. The molecule has 0 atom stereocenters. The number of carboxylic acid groups (broad SMARTS) is 1. The zero-order chi connectivity index (χ0) is 18.9. The molecule has 1 aliphatic heterocycles. The Morgan fingerprint density at radius 2 is 1.88 bits per heavy atom. The Kier molecular flexibility index (Phi) is 4.42. The van der Waals surface area contributed by atoms with Crippen LogP contribution in [0.5, 0.6) is 0 Å². The predicted molar refractivity (Wildman–Crippen MR) is 78.0 cm³/mol. The number of aromatic carboxylic acids is 1. The highest BCUT2D eigenvalue weighted by molar-refractivity contribution is 6.15. The number of cyclic esters (lactones) is 2. The Labute approximate surface area is 139 Å². The van der Waals surface area contributed by atoms with Gasteiger partial charge in [-0.3, -0.25) is 10.1 Å². The second kappa shape index (κ2) is 6.19. The van der Waals surface area contributed by atoms with E-state index in [1.807, 2.05) is 0 Å². The molecule has 0 amide bonds. The van der Waals surface area contributed by atoms with Crippen molar-refractivity contribution >= 4 is 29.3 Å². The molecule has 0 aromatic heterocycles. The van der Waals surface area contributed by atoms with E-state index < -0.39 is 56.9 Å². The Balaban J connectivity index is 2.48. The molecule has 25 heavy (non-hydrogen) atoms. The fourth-order valence-electron chi connectivity index (χ4n) is 2.00. The van der Waals surface area contributed by atoms with Gasteiger partial charge < -0.3 is 19.9 Å². The third kappa shape index (κ3) is 3.54. The molecule has 132 valence electrons. The highest BCUT2D eigenvalue weighted by Crippen LogP contribution is 2.31. The molecule has 1 saturated heterocycles. The van der Waals surface area contributed by atoms with Crippen LogP contribution < -0.4 is 5.32 Å². The Morgan fingerprint density at radius 1 is 1.32 bits per heavy atom. The number of benzene rings is 1. The van der Waals surface area contributed by atoms with Crippen LogP contribution in [0.4, 0.5) is 15.8 Å². The number of halogens is 1. The summed E-state index contributed by atoms with van der Waals surface area (Å²) in [5.41, 5.74) is -3.21. The van der Waals surface area contributed by atoms with E-state index in [-0.39, 0.29) is 0 Å². The van der Waals surface area contributed by atoms with Crippen LogP contribution in [-0.2, 0) is 19.1 Å². The molecule has 1 aliphatic rings. The molecule has 2 N–H and O–H groups in total. The van der Waals surface area contributed by atoms with E-state index in [1.54, 1.807) is 0 Å². The summed E-state index contributed by atoms with van der Waals surface area (Å²) in [6, 6.07) is 1.36. The molecule has 2 rings (SSSR count). The molecule has 11 heteroatoms. The number of ether oxygens (including phenoxy) is 2. The van der Waals surface area contributed by atoms with E-state index in [0.29, 0.717) is 12.3 Å². The summed E-state index contributed by atoms with van der Waals surface area (Å²) in [4.78, 5) is 44.8. The average molecular weight is 354 g/mol. The lowest BCUT2D eigenvalue weighted by atomic mass is 10.1. The molecular formula is C14H11FN2O8. The summed E-state index contributed by atoms with van der Waals surface area (Å²) in [5, 5.41) is 22.2.